The molecule has 0 aliphatic carbocycles. The number of aromatic nitrogens is 1. The molecule has 96 valence electrons. The Morgan fingerprint density at radius 2 is 2.18 bits per heavy atom. The summed E-state index contributed by atoms with van der Waals surface area (Å²) in [6.45, 7) is 0.932. The lowest BCUT2D eigenvalue weighted by Gasteiger charge is -2.11. The van der Waals surface area contributed by atoms with E-state index in [1.807, 2.05) is 19.0 Å². The minimum absolute atomic E-state index is 0.00867. The summed E-state index contributed by atoms with van der Waals surface area (Å²) in [5.74, 6) is -0.00875. The van der Waals surface area contributed by atoms with E-state index in [0.717, 1.165) is 0 Å². The lowest BCUT2D eigenvalue weighted by Crippen LogP contribution is -2.31. The molecule has 0 saturated heterocycles. The second kappa shape index (κ2) is 5.76. The first kappa shape index (κ1) is 14.4. The molecule has 3 N–H and O–H groups in total. The van der Waals surface area contributed by atoms with Crippen LogP contribution in [0.5, 0.6) is 0 Å². The average molecular weight is 323 g/mol. The summed E-state index contributed by atoms with van der Waals surface area (Å²) < 4.78 is 26.9. The van der Waals surface area contributed by atoms with E-state index in [0.29, 0.717) is 17.6 Å². The Balaban J connectivity index is 2.86. The maximum Gasteiger partial charge on any atom is 0.244 e. The molecule has 0 atom stereocenters. The van der Waals surface area contributed by atoms with E-state index >= 15 is 0 Å². The zero-order chi connectivity index (χ0) is 13.1. The van der Waals surface area contributed by atoms with Crippen LogP contribution in [-0.4, -0.2) is 45.5 Å². The van der Waals surface area contributed by atoms with Gasteiger partial charge in [-0.15, -0.1) is 0 Å². The van der Waals surface area contributed by atoms with Crippen molar-refractivity contribution in [3.8, 4) is 0 Å². The third-order valence-electron chi connectivity index (χ3n) is 1.99. The van der Waals surface area contributed by atoms with Gasteiger partial charge in [0.05, 0.1) is 0 Å². The van der Waals surface area contributed by atoms with Crippen LogP contribution in [0.4, 0.5) is 5.82 Å². The van der Waals surface area contributed by atoms with Gasteiger partial charge in [0.25, 0.3) is 0 Å². The van der Waals surface area contributed by atoms with Crippen LogP contribution in [0.3, 0.4) is 0 Å². The maximum absolute atomic E-state index is 11.9. The summed E-state index contributed by atoms with van der Waals surface area (Å²) in [6.07, 6.45) is 1.45. The Labute approximate surface area is 109 Å². The highest BCUT2D eigenvalue weighted by atomic mass is 79.9. The van der Waals surface area contributed by atoms with E-state index in [4.69, 9.17) is 5.73 Å². The fourth-order valence-corrected chi connectivity index (χ4v) is 2.74. The van der Waals surface area contributed by atoms with Gasteiger partial charge in [-0.2, -0.15) is 0 Å². The smallest absolute Gasteiger partial charge is 0.244 e. The van der Waals surface area contributed by atoms with Gasteiger partial charge in [-0.1, -0.05) is 0 Å². The summed E-state index contributed by atoms with van der Waals surface area (Å²) in [4.78, 5) is 5.66. The number of nitrogens with one attached hydrogen (secondary N) is 1. The minimum Gasteiger partial charge on any atom is -0.383 e. The molecule has 0 aliphatic heterocycles. The predicted molar refractivity (Wildman–Crippen MR) is 70.1 cm³/mol. The number of likely N-dealkylation sites (N-methyl/N-ethyl adjacent to an activating group) is 1. The van der Waals surface area contributed by atoms with Gasteiger partial charge < -0.3 is 10.6 Å². The number of hydrogen-bond donors (Lipinski definition) is 2. The maximum atomic E-state index is 11.9. The van der Waals surface area contributed by atoms with Crippen LogP contribution in [0.15, 0.2) is 21.6 Å². The SMILES string of the molecule is CN(C)CCNS(=O)(=O)c1cc(Br)cnc1N. The van der Waals surface area contributed by atoms with E-state index in [9.17, 15) is 8.42 Å². The second-order valence-electron chi connectivity index (χ2n) is 3.74. The number of halogens is 1. The quantitative estimate of drug-likeness (QED) is 0.812. The molecule has 1 heterocycles. The van der Waals surface area contributed by atoms with Crippen molar-refractivity contribution in [1.82, 2.24) is 14.6 Å². The van der Waals surface area contributed by atoms with Crippen molar-refractivity contribution in [3.63, 3.8) is 0 Å². The molecule has 8 heteroatoms. The van der Waals surface area contributed by atoms with Gasteiger partial charge >= 0.3 is 0 Å². The van der Waals surface area contributed by atoms with Gasteiger partial charge in [-0.05, 0) is 36.1 Å². The molecule has 0 aliphatic rings. The van der Waals surface area contributed by atoms with Gasteiger partial charge in [0.15, 0.2) is 0 Å². The van der Waals surface area contributed by atoms with E-state index in [2.05, 4.69) is 25.6 Å². The normalized spacial score (nSPS) is 12.0. The summed E-state index contributed by atoms with van der Waals surface area (Å²) in [5, 5.41) is 0. The van der Waals surface area contributed by atoms with Crippen LogP contribution in [0.1, 0.15) is 0 Å². The van der Waals surface area contributed by atoms with Gasteiger partial charge in [-0.3, -0.25) is 0 Å². The Bertz CT molecular complexity index is 490. The highest BCUT2D eigenvalue weighted by Gasteiger charge is 2.18. The average Bonchev–Trinajstić information content (AvgIpc) is 2.20. The second-order valence-corrected chi connectivity index (χ2v) is 6.39. The zero-order valence-corrected chi connectivity index (χ0v) is 12.0. The molecule has 1 aromatic rings. The van der Waals surface area contributed by atoms with Crippen molar-refractivity contribution in [2.24, 2.45) is 0 Å². The van der Waals surface area contributed by atoms with Gasteiger partial charge in [0, 0.05) is 23.8 Å². The first-order valence-electron chi connectivity index (χ1n) is 4.88. The fourth-order valence-electron chi connectivity index (χ4n) is 1.13. The number of nitrogens with zero attached hydrogens (tertiary/aromatic N) is 2. The van der Waals surface area contributed by atoms with Crippen molar-refractivity contribution in [3.05, 3.63) is 16.7 Å². The van der Waals surface area contributed by atoms with E-state index in [-0.39, 0.29) is 10.7 Å². The monoisotopic (exact) mass is 322 g/mol. The molecule has 1 rings (SSSR count). The number of pyridine rings is 1. The first-order valence-corrected chi connectivity index (χ1v) is 7.16. The summed E-state index contributed by atoms with van der Waals surface area (Å²) in [6, 6.07) is 1.43. The summed E-state index contributed by atoms with van der Waals surface area (Å²) in [7, 11) is 0.126. The molecule has 0 spiro atoms. The molecule has 1 aromatic heterocycles. The van der Waals surface area contributed by atoms with Gasteiger partial charge in [-0.25, -0.2) is 18.1 Å². The van der Waals surface area contributed by atoms with Crippen LogP contribution in [0.2, 0.25) is 0 Å². The number of hydrogen-bond acceptors (Lipinski definition) is 5. The molecule has 0 aromatic carbocycles. The number of anilines is 1. The van der Waals surface area contributed by atoms with E-state index < -0.39 is 10.0 Å². The van der Waals surface area contributed by atoms with Gasteiger partial charge in [0.1, 0.15) is 10.7 Å². The molecular weight excluding hydrogens is 308 g/mol. The van der Waals surface area contributed by atoms with Crippen molar-refractivity contribution in [2.45, 2.75) is 4.90 Å². The predicted octanol–water partition coefficient (Wildman–Crippen LogP) is 0.266. The van der Waals surface area contributed by atoms with Crippen LogP contribution < -0.4 is 10.5 Å². The van der Waals surface area contributed by atoms with Crippen LogP contribution >= 0.6 is 15.9 Å². The largest absolute Gasteiger partial charge is 0.383 e. The third-order valence-corrected chi connectivity index (χ3v) is 3.91. The topological polar surface area (TPSA) is 88.3 Å². The van der Waals surface area contributed by atoms with Crippen molar-refractivity contribution in [1.29, 1.82) is 0 Å². The fraction of sp³-hybridized carbons (Fsp3) is 0.444. The third kappa shape index (κ3) is 4.23. The minimum atomic E-state index is -3.60. The molecule has 0 fully saturated rings. The molecule has 17 heavy (non-hydrogen) atoms. The Morgan fingerprint density at radius 3 is 2.76 bits per heavy atom. The Morgan fingerprint density at radius 1 is 1.53 bits per heavy atom. The van der Waals surface area contributed by atoms with Crippen molar-refractivity contribution in [2.75, 3.05) is 32.9 Å². The summed E-state index contributed by atoms with van der Waals surface area (Å²) >= 11 is 3.16. The Hall–Kier alpha value is -0.700. The van der Waals surface area contributed by atoms with Crippen LogP contribution in [-0.2, 0) is 10.0 Å². The molecule has 0 bridgehead atoms. The van der Waals surface area contributed by atoms with E-state index in [1.54, 1.807) is 0 Å². The molecule has 6 nitrogen and oxygen atoms in total. The lowest BCUT2D eigenvalue weighted by molar-refractivity contribution is 0.412. The van der Waals surface area contributed by atoms with Crippen molar-refractivity contribution >= 4 is 31.8 Å². The van der Waals surface area contributed by atoms with E-state index in [1.165, 1.54) is 12.3 Å². The van der Waals surface area contributed by atoms with Crippen molar-refractivity contribution < 1.29 is 8.42 Å². The summed E-state index contributed by atoms with van der Waals surface area (Å²) in [5.41, 5.74) is 5.55. The van der Waals surface area contributed by atoms with Crippen LogP contribution in [0, 0.1) is 0 Å². The highest BCUT2D eigenvalue weighted by Crippen LogP contribution is 2.19. The molecule has 0 amide bonds. The lowest BCUT2D eigenvalue weighted by atomic mass is 10.5. The molecule has 0 radical (unpaired) electrons. The number of nitrogen functional groups attached to an aromatic ring is 1. The first-order chi connectivity index (χ1) is 7.83. The Kier molecular flexibility index (Phi) is 4.87. The standard InChI is InChI=1S/C9H15BrN4O2S/c1-14(2)4-3-13-17(15,16)8-5-7(10)6-12-9(8)11/h5-6,13H,3-4H2,1-2H3,(H2,11,12). The number of nitrogens with two attached hydrogens (primary N) is 1. The van der Waals surface area contributed by atoms with Gasteiger partial charge in [0.2, 0.25) is 10.0 Å². The highest BCUT2D eigenvalue weighted by molar-refractivity contribution is 9.10. The molecular formula is C9H15BrN4O2S. The van der Waals surface area contributed by atoms with Crippen LogP contribution in [0.25, 0.3) is 0 Å². The number of sulfonamides is 1. The molecule has 0 unspecified atom stereocenters. The zero-order valence-electron chi connectivity index (χ0n) is 9.64. The molecule has 0 saturated carbocycles. The number of rotatable bonds is 5.